The van der Waals surface area contributed by atoms with Crippen LogP contribution >= 0.6 is 15.9 Å². The average molecular weight is 405 g/mol. The van der Waals surface area contributed by atoms with E-state index in [2.05, 4.69) is 31.4 Å². The maximum absolute atomic E-state index is 12.5. The molecule has 1 fully saturated rings. The van der Waals surface area contributed by atoms with E-state index in [1.165, 1.54) is 0 Å². The van der Waals surface area contributed by atoms with Gasteiger partial charge in [0.1, 0.15) is 0 Å². The molecule has 0 bridgehead atoms. The predicted molar refractivity (Wildman–Crippen MR) is 99.9 cm³/mol. The Morgan fingerprint density at radius 2 is 2.00 bits per heavy atom. The smallest absolute Gasteiger partial charge is 0.277 e. The van der Waals surface area contributed by atoms with Crippen molar-refractivity contribution in [3.05, 3.63) is 45.7 Å². The Morgan fingerprint density at radius 3 is 2.64 bits per heavy atom. The molecule has 0 saturated carbocycles. The molecule has 2 amide bonds. The van der Waals surface area contributed by atoms with Gasteiger partial charge < -0.3 is 10.2 Å². The van der Waals surface area contributed by atoms with Crippen LogP contribution in [-0.4, -0.2) is 40.0 Å². The summed E-state index contributed by atoms with van der Waals surface area (Å²) in [5.41, 5.74) is 2.35. The zero-order valence-corrected chi connectivity index (χ0v) is 15.9. The molecular weight excluding hydrogens is 384 g/mol. The number of nitrogens with one attached hydrogen (secondary N) is 2. The number of hydrogen-bond donors (Lipinski definition) is 2. The summed E-state index contributed by atoms with van der Waals surface area (Å²) in [4.78, 5) is 26.8. The first-order chi connectivity index (χ1) is 12.0. The second-order valence-corrected chi connectivity index (χ2v) is 7.28. The van der Waals surface area contributed by atoms with E-state index in [9.17, 15) is 9.59 Å². The Hall–Kier alpha value is -2.15. The number of hydrogen-bond acceptors (Lipinski definition) is 3. The third-order valence-corrected chi connectivity index (χ3v) is 5.09. The molecular formula is C18H21BrN4O2. The lowest BCUT2D eigenvalue weighted by molar-refractivity contribution is 0.0792. The van der Waals surface area contributed by atoms with Crippen molar-refractivity contribution in [2.45, 2.75) is 32.6 Å². The van der Waals surface area contributed by atoms with Gasteiger partial charge in [-0.3, -0.25) is 14.7 Å². The molecule has 1 aliphatic rings. The molecule has 1 aliphatic heterocycles. The number of likely N-dealkylation sites (tertiary alicyclic amines) is 1. The Kier molecular flexibility index (Phi) is 5.22. The van der Waals surface area contributed by atoms with Gasteiger partial charge in [-0.05, 0) is 52.9 Å². The summed E-state index contributed by atoms with van der Waals surface area (Å²) in [6.45, 7) is 5.64. The molecule has 7 heteroatoms. The Bertz CT molecular complexity index is 794. The van der Waals surface area contributed by atoms with E-state index in [-0.39, 0.29) is 17.7 Å². The Labute approximate surface area is 155 Å². The van der Waals surface area contributed by atoms with E-state index in [0.717, 1.165) is 31.6 Å². The summed E-state index contributed by atoms with van der Waals surface area (Å²) in [6.07, 6.45) is 2.10. The summed E-state index contributed by atoms with van der Waals surface area (Å²) in [5.74, 6) is -0.0812. The van der Waals surface area contributed by atoms with Crippen molar-refractivity contribution in [1.82, 2.24) is 15.1 Å². The number of carbonyl (C=O) groups is 2. The van der Waals surface area contributed by atoms with Gasteiger partial charge in [-0.15, -0.1) is 0 Å². The standard InChI is InChI=1S/C18H21BrN4O2/c1-11(2)15-14(19)16(22-21-15)17(24)20-13-7-5-6-12(10-13)18(25)23-8-3-4-9-23/h5-7,10-11H,3-4,8-9H2,1-2H3,(H,20,24)(H,21,22). The van der Waals surface area contributed by atoms with Crippen molar-refractivity contribution in [1.29, 1.82) is 0 Å². The normalized spacial score (nSPS) is 14.2. The molecule has 0 spiro atoms. The van der Waals surface area contributed by atoms with Gasteiger partial charge in [-0.25, -0.2) is 0 Å². The van der Waals surface area contributed by atoms with Crippen LogP contribution in [0, 0.1) is 0 Å². The third-order valence-electron chi connectivity index (χ3n) is 4.29. The minimum absolute atomic E-state index is 0.0108. The number of anilines is 1. The van der Waals surface area contributed by atoms with Gasteiger partial charge in [0.15, 0.2) is 5.69 Å². The molecule has 2 aromatic rings. The number of nitrogens with zero attached hydrogens (tertiary/aromatic N) is 2. The van der Waals surface area contributed by atoms with Crippen molar-refractivity contribution < 1.29 is 9.59 Å². The molecule has 0 unspecified atom stereocenters. The Morgan fingerprint density at radius 1 is 1.28 bits per heavy atom. The number of amides is 2. The van der Waals surface area contributed by atoms with Gasteiger partial charge in [0.25, 0.3) is 11.8 Å². The van der Waals surface area contributed by atoms with Gasteiger partial charge >= 0.3 is 0 Å². The molecule has 0 radical (unpaired) electrons. The number of benzene rings is 1. The molecule has 0 aliphatic carbocycles. The topological polar surface area (TPSA) is 78.1 Å². The first kappa shape index (κ1) is 17.7. The minimum atomic E-state index is -0.319. The fourth-order valence-corrected chi connectivity index (χ4v) is 3.71. The lowest BCUT2D eigenvalue weighted by atomic mass is 10.1. The zero-order valence-electron chi connectivity index (χ0n) is 14.3. The van der Waals surface area contributed by atoms with Crippen molar-refractivity contribution in [3.63, 3.8) is 0 Å². The van der Waals surface area contributed by atoms with Gasteiger partial charge in [0.05, 0.1) is 10.2 Å². The second-order valence-electron chi connectivity index (χ2n) is 6.49. The number of rotatable bonds is 4. The SMILES string of the molecule is CC(C)c1[nH]nc(C(=O)Nc2cccc(C(=O)N3CCCC3)c2)c1Br. The van der Waals surface area contributed by atoms with E-state index < -0.39 is 0 Å². The van der Waals surface area contributed by atoms with E-state index >= 15 is 0 Å². The molecule has 1 aromatic carbocycles. The van der Waals surface area contributed by atoms with E-state index in [1.54, 1.807) is 24.3 Å². The number of H-pyrrole nitrogens is 1. The number of halogens is 1. The molecule has 1 aromatic heterocycles. The quantitative estimate of drug-likeness (QED) is 0.813. The summed E-state index contributed by atoms with van der Waals surface area (Å²) in [5, 5.41) is 9.80. The number of aromatic amines is 1. The summed E-state index contributed by atoms with van der Waals surface area (Å²) in [6, 6.07) is 7.03. The van der Waals surface area contributed by atoms with Crippen LogP contribution in [0.2, 0.25) is 0 Å². The maximum atomic E-state index is 12.5. The molecule has 132 valence electrons. The predicted octanol–water partition coefficient (Wildman–Crippen LogP) is 3.78. The van der Waals surface area contributed by atoms with Crippen LogP contribution in [0.3, 0.4) is 0 Å². The van der Waals surface area contributed by atoms with Crippen LogP contribution in [0.25, 0.3) is 0 Å². The van der Waals surface area contributed by atoms with Gasteiger partial charge in [0.2, 0.25) is 0 Å². The van der Waals surface area contributed by atoms with Gasteiger partial charge in [-0.2, -0.15) is 5.10 Å². The largest absolute Gasteiger partial charge is 0.339 e. The fourth-order valence-electron chi connectivity index (χ4n) is 2.90. The lowest BCUT2D eigenvalue weighted by Crippen LogP contribution is -2.27. The molecule has 25 heavy (non-hydrogen) atoms. The zero-order chi connectivity index (χ0) is 18.0. The van der Waals surface area contributed by atoms with Crippen LogP contribution in [0.15, 0.2) is 28.7 Å². The highest BCUT2D eigenvalue weighted by Gasteiger charge is 2.21. The highest BCUT2D eigenvalue weighted by molar-refractivity contribution is 9.10. The van der Waals surface area contributed by atoms with E-state index in [4.69, 9.17) is 0 Å². The first-order valence-corrected chi connectivity index (χ1v) is 9.21. The second kappa shape index (κ2) is 7.39. The maximum Gasteiger partial charge on any atom is 0.277 e. The summed E-state index contributed by atoms with van der Waals surface area (Å²) < 4.78 is 0.671. The molecule has 6 nitrogen and oxygen atoms in total. The van der Waals surface area contributed by atoms with E-state index in [1.807, 2.05) is 18.7 Å². The van der Waals surface area contributed by atoms with Crippen molar-refractivity contribution >= 4 is 33.4 Å². The van der Waals surface area contributed by atoms with Crippen molar-refractivity contribution in [2.24, 2.45) is 0 Å². The van der Waals surface area contributed by atoms with E-state index in [0.29, 0.717) is 21.4 Å². The Balaban J connectivity index is 1.75. The third kappa shape index (κ3) is 3.76. The van der Waals surface area contributed by atoms with Crippen molar-refractivity contribution in [3.8, 4) is 0 Å². The molecule has 0 atom stereocenters. The average Bonchev–Trinajstić information content (AvgIpc) is 3.23. The first-order valence-electron chi connectivity index (χ1n) is 8.42. The van der Waals surface area contributed by atoms with Crippen LogP contribution in [0.1, 0.15) is 59.1 Å². The number of carbonyl (C=O) groups excluding carboxylic acids is 2. The summed E-state index contributed by atoms with van der Waals surface area (Å²) >= 11 is 3.43. The van der Waals surface area contributed by atoms with Crippen LogP contribution in [0.5, 0.6) is 0 Å². The van der Waals surface area contributed by atoms with Gasteiger partial charge in [-0.1, -0.05) is 19.9 Å². The molecule has 2 N–H and O–H groups in total. The highest BCUT2D eigenvalue weighted by atomic mass is 79.9. The van der Waals surface area contributed by atoms with Gasteiger partial charge in [0, 0.05) is 24.3 Å². The van der Waals surface area contributed by atoms with Crippen LogP contribution < -0.4 is 5.32 Å². The van der Waals surface area contributed by atoms with Crippen LogP contribution in [0.4, 0.5) is 5.69 Å². The van der Waals surface area contributed by atoms with Crippen molar-refractivity contribution in [2.75, 3.05) is 18.4 Å². The highest BCUT2D eigenvalue weighted by Crippen LogP contribution is 2.26. The number of aromatic nitrogens is 2. The molecule has 3 rings (SSSR count). The molecule has 1 saturated heterocycles. The fraction of sp³-hybridized carbons (Fsp3) is 0.389. The lowest BCUT2D eigenvalue weighted by Gasteiger charge is -2.15. The minimum Gasteiger partial charge on any atom is -0.339 e. The molecule has 2 heterocycles. The monoisotopic (exact) mass is 404 g/mol. The van der Waals surface area contributed by atoms with Crippen LogP contribution in [-0.2, 0) is 0 Å². The summed E-state index contributed by atoms with van der Waals surface area (Å²) in [7, 11) is 0.